The monoisotopic (exact) mass is 352 g/mol. The predicted octanol–water partition coefficient (Wildman–Crippen LogP) is 2.30. The van der Waals surface area contributed by atoms with Crippen molar-refractivity contribution >= 4 is 11.9 Å². The van der Waals surface area contributed by atoms with Crippen molar-refractivity contribution in [1.82, 2.24) is 16.0 Å². The molecule has 0 aliphatic rings. The number of benzene rings is 2. The van der Waals surface area contributed by atoms with Crippen LogP contribution in [0, 0.1) is 6.92 Å². The van der Waals surface area contributed by atoms with Crippen LogP contribution in [0.15, 0.2) is 53.5 Å². The number of rotatable bonds is 7. The number of aryl methyl sites for hydroxylation is 1. The van der Waals surface area contributed by atoms with E-state index in [1.54, 1.807) is 14.1 Å². The maximum atomic E-state index is 11.7. The SMILES string of the molecule is CN=C(NCCc1cccc(C)c1)NCCc1cccc(C(=O)NC)c1. The van der Waals surface area contributed by atoms with Crippen molar-refractivity contribution in [3.8, 4) is 0 Å². The smallest absolute Gasteiger partial charge is 0.251 e. The van der Waals surface area contributed by atoms with Gasteiger partial charge in [-0.05, 0) is 43.0 Å². The summed E-state index contributed by atoms with van der Waals surface area (Å²) in [5.74, 6) is 0.730. The predicted molar refractivity (Wildman–Crippen MR) is 108 cm³/mol. The first kappa shape index (κ1) is 19.5. The number of nitrogens with one attached hydrogen (secondary N) is 3. The zero-order valence-corrected chi connectivity index (χ0v) is 15.8. The molecule has 0 aliphatic carbocycles. The first-order valence-corrected chi connectivity index (χ1v) is 8.93. The van der Waals surface area contributed by atoms with Gasteiger partial charge >= 0.3 is 0 Å². The molecule has 0 fully saturated rings. The molecule has 5 heteroatoms. The molecule has 0 saturated carbocycles. The van der Waals surface area contributed by atoms with Gasteiger partial charge in [-0.2, -0.15) is 0 Å². The fourth-order valence-electron chi connectivity index (χ4n) is 2.75. The molecule has 26 heavy (non-hydrogen) atoms. The number of guanidine groups is 1. The molecule has 0 heterocycles. The number of aliphatic imine (C=N–C) groups is 1. The Morgan fingerprint density at radius 3 is 2.15 bits per heavy atom. The highest BCUT2D eigenvalue weighted by Gasteiger charge is 2.04. The molecule has 1 amide bonds. The van der Waals surface area contributed by atoms with Gasteiger partial charge in [0, 0.05) is 32.7 Å². The summed E-state index contributed by atoms with van der Waals surface area (Å²) >= 11 is 0. The molecule has 5 nitrogen and oxygen atoms in total. The topological polar surface area (TPSA) is 65.5 Å². The summed E-state index contributed by atoms with van der Waals surface area (Å²) in [7, 11) is 3.41. The summed E-state index contributed by atoms with van der Waals surface area (Å²) in [4.78, 5) is 16.0. The van der Waals surface area contributed by atoms with E-state index >= 15 is 0 Å². The van der Waals surface area contributed by atoms with E-state index in [4.69, 9.17) is 0 Å². The van der Waals surface area contributed by atoms with Crippen LogP contribution in [0.4, 0.5) is 0 Å². The Bertz CT molecular complexity index is 755. The molecule has 2 aromatic carbocycles. The van der Waals surface area contributed by atoms with Crippen molar-refractivity contribution in [1.29, 1.82) is 0 Å². The van der Waals surface area contributed by atoms with Crippen LogP contribution in [0.2, 0.25) is 0 Å². The number of hydrogen-bond donors (Lipinski definition) is 3. The van der Waals surface area contributed by atoms with Gasteiger partial charge in [0.2, 0.25) is 0 Å². The van der Waals surface area contributed by atoms with Crippen molar-refractivity contribution in [2.75, 3.05) is 27.2 Å². The highest BCUT2D eigenvalue weighted by molar-refractivity contribution is 5.94. The van der Waals surface area contributed by atoms with Crippen molar-refractivity contribution in [2.24, 2.45) is 4.99 Å². The summed E-state index contributed by atoms with van der Waals surface area (Å²) in [6.45, 7) is 3.69. The van der Waals surface area contributed by atoms with Crippen molar-refractivity contribution in [2.45, 2.75) is 19.8 Å². The number of carbonyl (C=O) groups excluding carboxylic acids is 1. The van der Waals surface area contributed by atoms with Crippen molar-refractivity contribution in [3.63, 3.8) is 0 Å². The fraction of sp³-hybridized carbons (Fsp3) is 0.333. The van der Waals surface area contributed by atoms with E-state index in [0.717, 1.165) is 37.5 Å². The lowest BCUT2D eigenvalue weighted by Gasteiger charge is -2.12. The number of hydrogen-bond acceptors (Lipinski definition) is 2. The van der Waals surface area contributed by atoms with Crippen LogP contribution in [-0.4, -0.2) is 39.1 Å². The molecule has 0 saturated heterocycles. The van der Waals surface area contributed by atoms with Crippen molar-refractivity contribution in [3.05, 3.63) is 70.8 Å². The molecule has 0 radical (unpaired) electrons. The second-order valence-electron chi connectivity index (χ2n) is 6.19. The summed E-state index contributed by atoms with van der Waals surface area (Å²) in [5, 5.41) is 9.30. The molecule has 0 bridgehead atoms. The Balaban J connectivity index is 1.76. The van der Waals surface area contributed by atoms with E-state index in [1.165, 1.54) is 11.1 Å². The average molecular weight is 352 g/mol. The van der Waals surface area contributed by atoms with Gasteiger partial charge < -0.3 is 16.0 Å². The third-order valence-electron chi connectivity index (χ3n) is 4.13. The molecule has 0 spiro atoms. The first-order valence-electron chi connectivity index (χ1n) is 8.93. The lowest BCUT2D eigenvalue weighted by Crippen LogP contribution is -2.39. The maximum absolute atomic E-state index is 11.7. The lowest BCUT2D eigenvalue weighted by molar-refractivity contribution is 0.0963. The summed E-state index contributed by atoms with van der Waals surface area (Å²) < 4.78 is 0. The van der Waals surface area contributed by atoms with E-state index in [1.807, 2.05) is 24.3 Å². The van der Waals surface area contributed by atoms with Crippen LogP contribution in [0.3, 0.4) is 0 Å². The van der Waals surface area contributed by atoms with Gasteiger partial charge in [0.1, 0.15) is 0 Å². The second-order valence-corrected chi connectivity index (χ2v) is 6.19. The third-order valence-corrected chi connectivity index (χ3v) is 4.13. The van der Waals surface area contributed by atoms with Gasteiger partial charge in [-0.25, -0.2) is 0 Å². The molecule has 0 aromatic heterocycles. The highest BCUT2D eigenvalue weighted by atomic mass is 16.1. The Morgan fingerprint density at radius 2 is 1.58 bits per heavy atom. The van der Waals surface area contributed by atoms with Crippen LogP contribution in [0.1, 0.15) is 27.0 Å². The normalized spacial score (nSPS) is 11.1. The standard InChI is InChI=1S/C21H28N4O/c1-16-6-4-7-17(14-16)10-12-24-21(23-3)25-13-11-18-8-5-9-19(15-18)20(26)22-2/h4-9,14-15H,10-13H2,1-3H3,(H,22,26)(H2,23,24,25). The zero-order valence-electron chi connectivity index (χ0n) is 15.8. The van der Waals surface area contributed by atoms with Gasteiger partial charge in [0.05, 0.1) is 0 Å². The lowest BCUT2D eigenvalue weighted by atomic mass is 10.1. The third kappa shape index (κ3) is 6.24. The van der Waals surface area contributed by atoms with Crippen LogP contribution in [-0.2, 0) is 12.8 Å². The minimum absolute atomic E-state index is 0.0616. The summed E-state index contributed by atoms with van der Waals surface area (Å²) in [5.41, 5.74) is 4.41. The number of amides is 1. The molecule has 0 atom stereocenters. The van der Waals surface area contributed by atoms with E-state index in [0.29, 0.717) is 5.56 Å². The Morgan fingerprint density at radius 1 is 0.962 bits per heavy atom. The second kappa shape index (κ2) is 10.2. The molecule has 138 valence electrons. The fourth-order valence-corrected chi connectivity index (χ4v) is 2.75. The summed E-state index contributed by atoms with van der Waals surface area (Å²) in [6, 6.07) is 16.2. The minimum Gasteiger partial charge on any atom is -0.356 e. The molecule has 2 rings (SSSR count). The van der Waals surface area contributed by atoms with Crippen LogP contribution in [0.25, 0.3) is 0 Å². The van der Waals surface area contributed by atoms with Crippen LogP contribution >= 0.6 is 0 Å². The number of carbonyl (C=O) groups is 1. The highest BCUT2D eigenvalue weighted by Crippen LogP contribution is 2.06. The van der Waals surface area contributed by atoms with Crippen LogP contribution in [0.5, 0.6) is 0 Å². The van der Waals surface area contributed by atoms with E-state index < -0.39 is 0 Å². The van der Waals surface area contributed by atoms with Gasteiger partial charge in [-0.1, -0.05) is 42.0 Å². The van der Waals surface area contributed by atoms with Gasteiger partial charge in [-0.3, -0.25) is 9.79 Å². The first-order chi connectivity index (χ1) is 12.6. The van der Waals surface area contributed by atoms with E-state index in [-0.39, 0.29) is 5.91 Å². The quantitative estimate of drug-likeness (QED) is 0.529. The molecule has 2 aromatic rings. The van der Waals surface area contributed by atoms with Gasteiger partial charge in [-0.15, -0.1) is 0 Å². The zero-order chi connectivity index (χ0) is 18.8. The Labute approximate surface area is 155 Å². The van der Waals surface area contributed by atoms with Gasteiger partial charge in [0.15, 0.2) is 5.96 Å². The average Bonchev–Trinajstić information content (AvgIpc) is 2.66. The molecular weight excluding hydrogens is 324 g/mol. The Kier molecular flexibility index (Phi) is 7.68. The molecule has 0 unspecified atom stereocenters. The molecule has 0 aliphatic heterocycles. The molecular formula is C21H28N4O. The number of nitrogens with zero attached hydrogens (tertiary/aromatic N) is 1. The Hall–Kier alpha value is -2.82. The molecule has 3 N–H and O–H groups in total. The van der Waals surface area contributed by atoms with Crippen LogP contribution < -0.4 is 16.0 Å². The van der Waals surface area contributed by atoms with Gasteiger partial charge in [0.25, 0.3) is 5.91 Å². The maximum Gasteiger partial charge on any atom is 0.251 e. The largest absolute Gasteiger partial charge is 0.356 e. The minimum atomic E-state index is -0.0616. The van der Waals surface area contributed by atoms with E-state index in [2.05, 4.69) is 52.1 Å². The van der Waals surface area contributed by atoms with Crippen molar-refractivity contribution < 1.29 is 4.79 Å². The van der Waals surface area contributed by atoms with E-state index in [9.17, 15) is 4.79 Å². The summed E-state index contributed by atoms with van der Waals surface area (Å²) in [6.07, 6.45) is 1.78.